The topological polar surface area (TPSA) is 98.0 Å². The lowest BCUT2D eigenvalue weighted by molar-refractivity contribution is -0.138. The van der Waals surface area contributed by atoms with Gasteiger partial charge in [0.15, 0.2) is 11.6 Å². The lowest BCUT2D eigenvalue weighted by Crippen LogP contribution is -2.07. The number of halogens is 2. The number of ether oxygens (including phenoxy) is 2. The summed E-state index contributed by atoms with van der Waals surface area (Å²) in [5.74, 6) is -1.56. The van der Waals surface area contributed by atoms with Crippen molar-refractivity contribution in [3.05, 3.63) is 106 Å². The van der Waals surface area contributed by atoms with E-state index in [0.29, 0.717) is 30.8 Å². The van der Waals surface area contributed by atoms with Crippen molar-refractivity contribution in [2.45, 2.75) is 32.7 Å². The molecule has 0 radical (unpaired) electrons. The van der Waals surface area contributed by atoms with Crippen molar-refractivity contribution in [3.63, 3.8) is 0 Å². The Morgan fingerprint density at radius 1 is 0.952 bits per heavy atom. The first-order valence-electron chi connectivity index (χ1n) is 13.4. The molecule has 0 aliphatic rings. The molecular weight excluding hydrogens is 561 g/mol. The number of aliphatic carboxylic acids is 2. The summed E-state index contributed by atoms with van der Waals surface area (Å²) in [6.07, 6.45) is 10.3. The molecule has 9 heteroatoms. The molecule has 0 bridgehead atoms. The number of rotatable bonds is 14. The molecule has 42 heavy (non-hydrogen) atoms. The van der Waals surface area contributed by atoms with Gasteiger partial charge in [0.2, 0.25) is 0 Å². The summed E-state index contributed by atoms with van der Waals surface area (Å²) >= 11 is 6.01. The number of benzene rings is 3. The lowest BCUT2D eigenvalue weighted by Gasteiger charge is -2.08. The van der Waals surface area contributed by atoms with Gasteiger partial charge in [-0.1, -0.05) is 60.2 Å². The van der Waals surface area contributed by atoms with Crippen LogP contribution in [0, 0.1) is 12.7 Å². The van der Waals surface area contributed by atoms with Gasteiger partial charge >= 0.3 is 11.9 Å². The summed E-state index contributed by atoms with van der Waals surface area (Å²) in [5.41, 5.74) is 3.97. The molecule has 0 unspecified atom stereocenters. The summed E-state index contributed by atoms with van der Waals surface area (Å²) < 4.78 is 27.0. The van der Waals surface area contributed by atoms with E-state index in [1.54, 1.807) is 42.0 Å². The van der Waals surface area contributed by atoms with Crippen LogP contribution in [0.3, 0.4) is 0 Å². The van der Waals surface area contributed by atoms with Crippen molar-refractivity contribution in [1.29, 1.82) is 0 Å². The standard InChI is InChI=1S/C33H31ClFNO6/c1-22-10-17-28(34)33(31(22)35)42-19-3-2-18-41-26-15-12-23(13-16-26)11-14-24-6-4-8-27-25(7-5-9-29(37)38)20-36(32(24)27)21-30(39)40/h2-4,6,8,10-17,20H,5,7,9,18-19,21H2,1H3,(H,37,38)(H,39,40)/b3-2+,14-11+. The second-order valence-corrected chi connectivity index (χ2v) is 10.1. The third kappa shape index (κ3) is 8.01. The SMILES string of the molecule is Cc1ccc(Cl)c(OC/C=C/COc2ccc(/C=C/c3cccc4c(CCCC(=O)O)cn(CC(=O)O)c34)cc2)c1F. The second-order valence-electron chi connectivity index (χ2n) is 9.67. The fraction of sp³-hybridized carbons (Fsp3) is 0.212. The minimum Gasteiger partial charge on any atom is -0.490 e. The van der Waals surface area contributed by atoms with Crippen LogP contribution in [-0.4, -0.2) is 39.9 Å². The van der Waals surface area contributed by atoms with Gasteiger partial charge in [0.25, 0.3) is 0 Å². The first-order valence-corrected chi connectivity index (χ1v) is 13.8. The molecule has 0 atom stereocenters. The van der Waals surface area contributed by atoms with E-state index < -0.39 is 17.8 Å². The highest BCUT2D eigenvalue weighted by molar-refractivity contribution is 6.32. The number of carboxylic acid groups (broad SMARTS) is 2. The first-order chi connectivity index (χ1) is 20.2. The smallest absolute Gasteiger partial charge is 0.323 e. The van der Waals surface area contributed by atoms with E-state index in [1.807, 2.05) is 54.6 Å². The molecule has 4 aromatic rings. The Morgan fingerprint density at radius 3 is 2.40 bits per heavy atom. The number of carbonyl (C=O) groups is 2. The second kappa shape index (κ2) is 14.4. The fourth-order valence-corrected chi connectivity index (χ4v) is 4.73. The summed E-state index contributed by atoms with van der Waals surface area (Å²) in [7, 11) is 0. The minimum atomic E-state index is -0.953. The highest BCUT2D eigenvalue weighted by atomic mass is 35.5. The third-order valence-electron chi connectivity index (χ3n) is 6.57. The molecule has 7 nitrogen and oxygen atoms in total. The maximum Gasteiger partial charge on any atom is 0.323 e. The van der Waals surface area contributed by atoms with Crippen molar-refractivity contribution in [1.82, 2.24) is 4.57 Å². The predicted octanol–water partition coefficient (Wildman–Crippen LogP) is 7.42. The number of hydrogen-bond donors (Lipinski definition) is 2. The Bertz CT molecular complexity index is 1620. The highest BCUT2D eigenvalue weighted by Crippen LogP contribution is 2.30. The number of para-hydroxylation sites is 1. The van der Waals surface area contributed by atoms with Crippen molar-refractivity contribution in [2.75, 3.05) is 13.2 Å². The Balaban J connectivity index is 1.37. The molecule has 0 saturated heterocycles. The van der Waals surface area contributed by atoms with Crippen LogP contribution in [0.5, 0.6) is 11.5 Å². The monoisotopic (exact) mass is 591 g/mol. The van der Waals surface area contributed by atoms with E-state index in [-0.39, 0.29) is 30.3 Å². The Hall–Kier alpha value is -4.56. The molecule has 2 N–H and O–H groups in total. The quantitative estimate of drug-likeness (QED) is 0.117. The highest BCUT2D eigenvalue weighted by Gasteiger charge is 2.14. The molecule has 3 aromatic carbocycles. The van der Waals surface area contributed by atoms with Crippen molar-refractivity contribution in [2.24, 2.45) is 0 Å². The van der Waals surface area contributed by atoms with E-state index in [1.165, 1.54) is 0 Å². The maximum atomic E-state index is 14.1. The molecule has 0 amide bonds. The van der Waals surface area contributed by atoms with Crippen LogP contribution in [-0.2, 0) is 22.6 Å². The van der Waals surface area contributed by atoms with Gasteiger partial charge in [0.1, 0.15) is 25.5 Å². The van der Waals surface area contributed by atoms with Crippen LogP contribution in [0.15, 0.2) is 72.9 Å². The van der Waals surface area contributed by atoms with Gasteiger partial charge in [-0.2, -0.15) is 0 Å². The molecule has 0 saturated carbocycles. The normalized spacial score (nSPS) is 11.5. The largest absolute Gasteiger partial charge is 0.490 e. The number of fused-ring (bicyclic) bond motifs is 1. The predicted molar refractivity (Wildman–Crippen MR) is 162 cm³/mol. The zero-order chi connectivity index (χ0) is 30.1. The van der Waals surface area contributed by atoms with Gasteiger partial charge in [-0.25, -0.2) is 4.39 Å². The van der Waals surface area contributed by atoms with Crippen LogP contribution in [0.4, 0.5) is 4.39 Å². The Kier molecular flexibility index (Phi) is 10.4. The third-order valence-corrected chi connectivity index (χ3v) is 6.87. The molecule has 0 fully saturated rings. The van der Waals surface area contributed by atoms with E-state index in [4.69, 9.17) is 26.2 Å². The van der Waals surface area contributed by atoms with Crippen LogP contribution >= 0.6 is 11.6 Å². The maximum absolute atomic E-state index is 14.1. The van der Waals surface area contributed by atoms with E-state index >= 15 is 0 Å². The molecule has 0 aliphatic carbocycles. The summed E-state index contributed by atoms with van der Waals surface area (Å²) in [4.78, 5) is 22.5. The van der Waals surface area contributed by atoms with Gasteiger partial charge in [-0.15, -0.1) is 0 Å². The molecule has 0 aliphatic heterocycles. The molecule has 1 aromatic heterocycles. The zero-order valence-corrected chi connectivity index (χ0v) is 23.8. The Morgan fingerprint density at radius 2 is 1.69 bits per heavy atom. The number of aryl methyl sites for hydroxylation is 2. The van der Waals surface area contributed by atoms with Gasteiger partial charge in [-0.05, 0) is 72.4 Å². The zero-order valence-electron chi connectivity index (χ0n) is 23.1. The summed E-state index contributed by atoms with van der Waals surface area (Å²) in [6.45, 7) is 1.91. The van der Waals surface area contributed by atoms with E-state index in [0.717, 1.165) is 27.6 Å². The average molecular weight is 592 g/mol. The van der Waals surface area contributed by atoms with Gasteiger partial charge in [-0.3, -0.25) is 9.59 Å². The van der Waals surface area contributed by atoms with Crippen molar-refractivity contribution >= 4 is 46.6 Å². The van der Waals surface area contributed by atoms with Crippen LogP contribution < -0.4 is 9.47 Å². The van der Waals surface area contributed by atoms with E-state index in [9.17, 15) is 19.1 Å². The minimum absolute atomic E-state index is 0.0355. The number of hydrogen-bond acceptors (Lipinski definition) is 4. The van der Waals surface area contributed by atoms with Gasteiger partial charge in [0, 0.05) is 18.0 Å². The van der Waals surface area contributed by atoms with Crippen molar-refractivity contribution < 1.29 is 33.7 Å². The first kappa shape index (κ1) is 30.4. The Labute approximate surface area is 248 Å². The van der Waals surface area contributed by atoms with Gasteiger partial charge in [0.05, 0.1) is 10.5 Å². The molecular formula is C33H31ClFNO6. The number of aromatic nitrogens is 1. The molecule has 1 heterocycles. The molecule has 218 valence electrons. The van der Waals surface area contributed by atoms with Crippen molar-refractivity contribution in [3.8, 4) is 11.5 Å². The summed E-state index contributed by atoms with van der Waals surface area (Å²) in [6, 6.07) is 16.5. The average Bonchev–Trinajstić information content (AvgIpc) is 3.30. The van der Waals surface area contributed by atoms with Gasteiger partial charge < -0.3 is 24.3 Å². The van der Waals surface area contributed by atoms with E-state index in [2.05, 4.69) is 0 Å². The lowest BCUT2D eigenvalue weighted by atomic mass is 10.0. The molecule has 4 rings (SSSR count). The fourth-order valence-electron chi connectivity index (χ4n) is 4.53. The number of nitrogens with zero attached hydrogens (tertiary/aromatic N) is 1. The van der Waals surface area contributed by atoms with Crippen LogP contribution in [0.1, 0.15) is 35.1 Å². The number of carboxylic acids is 2. The molecule has 0 spiro atoms. The van der Waals surface area contributed by atoms with Crippen LogP contribution in [0.25, 0.3) is 23.1 Å². The van der Waals surface area contributed by atoms with Crippen LogP contribution in [0.2, 0.25) is 5.02 Å². The summed E-state index contributed by atoms with van der Waals surface area (Å²) in [5, 5.41) is 19.5.